The minimum Gasteiger partial charge on any atom is -0.367 e. The van der Waals surface area contributed by atoms with Crippen LogP contribution in [0.1, 0.15) is 17.3 Å². The summed E-state index contributed by atoms with van der Waals surface area (Å²) < 4.78 is 7.16. The molecule has 2 aromatic rings. The van der Waals surface area contributed by atoms with Gasteiger partial charge in [-0.15, -0.1) is 0 Å². The van der Waals surface area contributed by atoms with Crippen LogP contribution in [0.25, 0.3) is 5.82 Å². The van der Waals surface area contributed by atoms with E-state index >= 15 is 0 Å². The summed E-state index contributed by atoms with van der Waals surface area (Å²) in [6, 6.07) is 3.43. The van der Waals surface area contributed by atoms with Gasteiger partial charge >= 0.3 is 0 Å². The minimum absolute atomic E-state index is 0.129. The molecule has 1 fully saturated rings. The first kappa shape index (κ1) is 15.2. The van der Waals surface area contributed by atoms with Crippen molar-refractivity contribution in [3.63, 3.8) is 0 Å². The fourth-order valence-electron chi connectivity index (χ4n) is 2.43. The van der Waals surface area contributed by atoms with E-state index in [2.05, 4.69) is 9.97 Å². The predicted molar refractivity (Wildman–Crippen MR) is 80.8 cm³/mol. The molecule has 0 bridgehead atoms. The molecule has 8 heteroatoms. The zero-order valence-corrected chi connectivity index (χ0v) is 12.7. The van der Waals surface area contributed by atoms with Crippen molar-refractivity contribution in [3.8, 4) is 5.82 Å². The molecule has 0 spiro atoms. The first-order valence-corrected chi connectivity index (χ1v) is 7.17. The Morgan fingerprint density at radius 2 is 2.22 bits per heavy atom. The van der Waals surface area contributed by atoms with Gasteiger partial charge in [-0.1, -0.05) is 0 Å². The second kappa shape index (κ2) is 5.81. The van der Waals surface area contributed by atoms with Crippen LogP contribution in [0.15, 0.2) is 37.1 Å². The molecule has 1 aliphatic rings. The Kier molecular flexibility index (Phi) is 3.83. The summed E-state index contributed by atoms with van der Waals surface area (Å²) in [6.45, 7) is 2.40. The molecule has 0 aliphatic carbocycles. The molecule has 2 amide bonds. The Balaban J connectivity index is 1.76. The van der Waals surface area contributed by atoms with Gasteiger partial charge in [0.1, 0.15) is 12.1 Å². The van der Waals surface area contributed by atoms with Gasteiger partial charge in [0.15, 0.2) is 5.60 Å². The number of carbonyl (C=O) groups excluding carboxylic acids is 2. The van der Waals surface area contributed by atoms with Crippen molar-refractivity contribution >= 4 is 11.8 Å². The van der Waals surface area contributed by atoms with Crippen LogP contribution in [-0.2, 0) is 9.53 Å². The average Bonchev–Trinajstić information content (AvgIpc) is 3.09. The molecule has 3 rings (SSSR count). The van der Waals surface area contributed by atoms with E-state index in [1.165, 1.54) is 6.20 Å². The number of aromatic nitrogens is 3. The van der Waals surface area contributed by atoms with Gasteiger partial charge in [0, 0.05) is 25.1 Å². The van der Waals surface area contributed by atoms with Crippen molar-refractivity contribution in [1.82, 2.24) is 19.4 Å². The maximum atomic E-state index is 12.6. The van der Waals surface area contributed by atoms with E-state index in [0.29, 0.717) is 17.9 Å². The van der Waals surface area contributed by atoms with Gasteiger partial charge in [-0.25, -0.2) is 9.97 Å². The van der Waals surface area contributed by atoms with E-state index in [-0.39, 0.29) is 19.1 Å². The second-order valence-corrected chi connectivity index (χ2v) is 5.55. The van der Waals surface area contributed by atoms with Gasteiger partial charge in [-0.3, -0.25) is 14.2 Å². The lowest BCUT2D eigenvalue weighted by molar-refractivity contribution is -0.150. The maximum Gasteiger partial charge on any atom is 0.255 e. The molecule has 0 aromatic carbocycles. The van der Waals surface area contributed by atoms with Crippen LogP contribution < -0.4 is 5.73 Å². The van der Waals surface area contributed by atoms with Crippen LogP contribution >= 0.6 is 0 Å². The minimum atomic E-state index is -1.15. The first-order valence-electron chi connectivity index (χ1n) is 7.17. The summed E-state index contributed by atoms with van der Waals surface area (Å²) in [7, 11) is 0. The van der Waals surface area contributed by atoms with Gasteiger partial charge in [-0.05, 0) is 19.1 Å². The van der Waals surface area contributed by atoms with Crippen LogP contribution in [0.4, 0.5) is 0 Å². The molecule has 0 saturated carbocycles. The maximum absolute atomic E-state index is 12.6. The highest BCUT2D eigenvalue weighted by molar-refractivity contribution is 5.95. The summed E-state index contributed by atoms with van der Waals surface area (Å²) in [5.41, 5.74) is 4.65. The van der Waals surface area contributed by atoms with Crippen molar-refractivity contribution < 1.29 is 14.3 Å². The summed E-state index contributed by atoms with van der Waals surface area (Å²) >= 11 is 0. The lowest BCUT2D eigenvalue weighted by Crippen LogP contribution is -2.58. The number of hydrogen-bond acceptors (Lipinski definition) is 5. The zero-order valence-electron chi connectivity index (χ0n) is 12.7. The van der Waals surface area contributed by atoms with Crippen LogP contribution in [-0.4, -0.2) is 56.5 Å². The highest BCUT2D eigenvalue weighted by Crippen LogP contribution is 2.19. The quantitative estimate of drug-likeness (QED) is 0.857. The fourth-order valence-corrected chi connectivity index (χ4v) is 2.43. The van der Waals surface area contributed by atoms with Crippen LogP contribution in [0.3, 0.4) is 0 Å². The molecule has 2 N–H and O–H groups in total. The third-order valence-electron chi connectivity index (χ3n) is 3.85. The summed E-state index contributed by atoms with van der Waals surface area (Å²) in [5.74, 6) is -0.114. The third kappa shape index (κ3) is 2.93. The average molecular weight is 315 g/mol. The Morgan fingerprint density at radius 1 is 1.39 bits per heavy atom. The fraction of sp³-hybridized carbons (Fsp3) is 0.333. The van der Waals surface area contributed by atoms with Gasteiger partial charge in [0.05, 0.1) is 18.7 Å². The second-order valence-electron chi connectivity index (χ2n) is 5.55. The highest BCUT2D eigenvalue weighted by Gasteiger charge is 2.39. The van der Waals surface area contributed by atoms with Crippen LogP contribution in [0, 0.1) is 0 Å². The van der Waals surface area contributed by atoms with E-state index in [4.69, 9.17) is 10.5 Å². The number of nitrogens with zero attached hydrogens (tertiary/aromatic N) is 4. The number of ether oxygens (including phenoxy) is 1. The Labute approximate surface area is 132 Å². The summed E-state index contributed by atoms with van der Waals surface area (Å²) in [5, 5.41) is 0. The monoisotopic (exact) mass is 315 g/mol. The molecule has 0 unspecified atom stereocenters. The smallest absolute Gasteiger partial charge is 0.255 e. The Hall–Kier alpha value is -2.74. The van der Waals surface area contributed by atoms with Crippen molar-refractivity contribution in [2.75, 3.05) is 19.7 Å². The third-order valence-corrected chi connectivity index (χ3v) is 3.85. The number of hydrogen-bond donors (Lipinski definition) is 1. The number of pyridine rings is 1. The molecule has 1 atom stereocenters. The molecule has 0 radical (unpaired) electrons. The summed E-state index contributed by atoms with van der Waals surface area (Å²) in [6.07, 6.45) is 6.56. The number of imidazole rings is 1. The van der Waals surface area contributed by atoms with E-state index in [1.54, 1.807) is 47.2 Å². The number of amides is 2. The van der Waals surface area contributed by atoms with Crippen molar-refractivity contribution in [2.45, 2.75) is 12.5 Å². The molecular formula is C15H17N5O3. The molecular weight excluding hydrogens is 298 g/mol. The van der Waals surface area contributed by atoms with Gasteiger partial charge in [0.25, 0.3) is 11.8 Å². The Bertz CT molecular complexity index is 713. The van der Waals surface area contributed by atoms with E-state index in [9.17, 15) is 9.59 Å². The molecule has 3 heterocycles. The predicted octanol–water partition coefficient (Wildman–Crippen LogP) is -0.0163. The lowest BCUT2D eigenvalue weighted by atomic mass is 10.0. The molecule has 23 heavy (non-hydrogen) atoms. The van der Waals surface area contributed by atoms with Crippen molar-refractivity contribution in [1.29, 1.82) is 0 Å². The summed E-state index contributed by atoms with van der Waals surface area (Å²) in [4.78, 5) is 33.8. The normalized spacial score (nSPS) is 21.2. The van der Waals surface area contributed by atoms with E-state index in [0.717, 1.165) is 0 Å². The Morgan fingerprint density at radius 3 is 2.83 bits per heavy atom. The van der Waals surface area contributed by atoms with E-state index < -0.39 is 11.5 Å². The number of primary amides is 1. The SMILES string of the molecule is C[C@]1(C(N)=O)CN(C(=O)c2ccc(-n3ccnc3)nc2)CCO1. The molecule has 2 aromatic heterocycles. The molecule has 1 aliphatic heterocycles. The van der Waals surface area contributed by atoms with E-state index in [1.807, 2.05) is 0 Å². The number of morpholine rings is 1. The molecule has 1 saturated heterocycles. The van der Waals surface area contributed by atoms with Crippen LogP contribution in [0.2, 0.25) is 0 Å². The molecule has 120 valence electrons. The van der Waals surface area contributed by atoms with Crippen molar-refractivity contribution in [2.24, 2.45) is 5.73 Å². The van der Waals surface area contributed by atoms with Gasteiger partial charge in [-0.2, -0.15) is 0 Å². The number of carbonyl (C=O) groups is 2. The number of rotatable bonds is 3. The first-order chi connectivity index (χ1) is 11.0. The largest absolute Gasteiger partial charge is 0.367 e. The van der Waals surface area contributed by atoms with Gasteiger partial charge < -0.3 is 15.4 Å². The van der Waals surface area contributed by atoms with Crippen molar-refractivity contribution in [3.05, 3.63) is 42.6 Å². The standard InChI is InChI=1S/C15H17N5O3/c1-15(14(16)22)9-19(6-7-23-15)13(21)11-2-3-12(18-8-11)20-5-4-17-10-20/h2-5,8,10H,6-7,9H2,1H3,(H2,16,22)/t15-/m1/s1. The number of nitrogens with two attached hydrogens (primary N) is 1. The lowest BCUT2D eigenvalue weighted by Gasteiger charge is -2.38. The zero-order chi connectivity index (χ0) is 16.4. The van der Waals surface area contributed by atoms with Gasteiger partial charge in [0.2, 0.25) is 0 Å². The molecule has 8 nitrogen and oxygen atoms in total. The highest BCUT2D eigenvalue weighted by atomic mass is 16.5. The topological polar surface area (TPSA) is 103 Å². The van der Waals surface area contributed by atoms with Crippen LogP contribution in [0.5, 0.6) is 0 Å².